The van der Waals surface area contributed by atoms with Crippen molar-refractivity contribution in [1.29, 1.82) is 0 Å². The second-order valence-corrected chi connectivity index (χ2v) is 8.73. The minimum atomic E-state index is -3.87. The second-order valence-electron chi connectivity index (χ2n) is 7.05. The molecule has 0 aliphatic rings. The summed E-state index contributed by atoms with van der Waals surface area (Å²) in [5.41, 5.74) is 2.65. The van der Waals surface area contributed by atoms with E-state index in [4.69, 9.17) is 4.52 Å². The molecule has 4 aromatic rings. The minimum absolute atomic E-state index is 0.0168. The molecule has 0 atom stereocenters. The zero-order chi connectivity index (χ0) is 22.9. The lowest BCUT2D eigenvalue weighted by Crippen LogP contribution is -2.15. The summed E-state index contributed by atoms with van der Waals surface area (Å²) in [6.45, 7) is 5.20. The van der Waals surface area contributed by atoms with Gasteiger partial charge >= 0.3 is 0 Å². The highest BCUT2D eigenvalue weighted by Crippen LogP contribution is 2.23. The first-order chi connectivity index (χ1) is 15.3. The summed E-state index contributed by atoms with van der Waals surface area (Å²) in [7, 11) is -3.87. The van der Waals surface area contributed by atoms with Crippen LogP contribution in [0.4, 0.5) is 11.6 Å². The average Bonchev–Trinajstić information content (AvgIpc) is 3.31. The molecule has 0 saturated heterocycles. The van der Waals surface area contributed by atoms with Gasteiger partial charge in [0.25, 0.3) is 15.9 Å². The highest BCUT2D eigenvalue weighted by Gasteiger charge is 2.20. The Hall–Kier alpha value is -3.99. The van der Waals surface area contributed by atoms with Gasteiger partial charge in [0.15, 0.2) is 5.82 Å². The highest BCUT2D eigenvalue weighted by atomic mass is 32.2. The molecule has 3 heterocycles. The van der Waals surface area contributed by atoms with Crippen molar-refractivity contribution in [3.8, 4) is 5.82 Å². The fourth-order valence-electron chi connectivity index (χ4n) is 2.95. The third kappa shape index (κ3) is 4.10. The number of aromatic nitrogens is 4. The molecule has 11 heteroatoms. The normalized spacial score (nSPS) is 11.3. The maximum absolute atomic E-state index is 12.7. The summed E-state index contributed by atoms with van der Waals surface area (Å²) >= 11 is 0. The minimum Gasteiger partial charge on any atom is -0.337 e. The molecule has 10 nitrogen and oxygen atoms in total. The van der Waals surface area contributed by atoms with Crippen molar-refractivity contribution in [1.82, 2.24) is 19.9 Å². The molecular weight excluding hydrogens is 432 g/mol. The molecule has 1 aromatic carbocycles. The molecule has 0 saturated carbocycles. The van der Waals surface area contributed by atoms with Gasteiger partial charge in [-0.2, -0.15) is 5.10 Å². The van der Waals surface area contributed by atoms with Crippen LogP contribution in [-0.4, -0.2) is 34.2 Å². The Kier molecular flexibility index (Phi) is 5.49. The molecule has 0 aliphatic carbocycles. The van der Waals surface area contributed by atoms with Crippen molar-refractivity contribution in [3.05, 3.63) is 77.4 Å². The molecule has 2 N–H and O–H groups in total. The molecule has 32 heavy (non-hydrogen) atoms. The van der Waals surface area contributed by atoms with Gasteiger partial charge < -0.3 is 9.84 Å². The molecular formula is C21H20N6O4S. The van der Waals surface area contributed by atoms with Crippen LogP contribution in [0.1, 0.15) is 27.3 Å². The van der Waals surface area contributed by atoms with Crippen molar-refractivity contribution in [3.63, 3.8) is 0 Å². The third-order valence-electron chi connectivity index (χ3n) is 4.93. The van der Waals surface area contributed by atoms with Crippen LogP contribution in [0.2, 0.25) is 0 Å². The summed E-state index contributed by atoms with van der Waals surface area (Å²) in [6, 6.07) is 11.2. The molecule has 164 valence electrons. The van der Waals surface area contributed by atoms with E-state index in [9.17, 15) is 13.2 Å². The number of carbonyl (C=O) groups is 1. The van der Waals surface area contributed by atoms with E-state index in [1.54, 1.807) is 43.8 Å². The van der Waals surface area contributed by atoms with Crippen LogP contribution in [0.25, 0.3) is 5.82 Å². The molecule has 4 rings (SSSR count). The number of carbonyl (C=O) groups excluding carboxylic acids is 1. The Morgan fingerprint density at radius 1 is 1.06 bits per heavy atom. The first-order valence-electron chi connectivity index (χ1n) is 9.59. The zero-order valence-corrected chi connectivity index (χ0v) is 18.3. The monoisotopic (exact) mass is 452 g/mol. The number of rotatable bonds is 6. The van der Waals surface area contributed by atoms with Crippen LogP contribution in [-0.2, 0) is 10.0 Å². The van der Waals surface area contributed by atoms with E-state index in [-0.39, 0.29) is 16.7 Å². The molecule has 1 amide bonds. The SMILES string of the molecule is Cc1noc(NS(=O)(=O)c2ccc(NC(=O)c3cnn(-c4ccccn4)c3C)cc2)c1C. The van der Waals surface area contributed by atoms with E-state index in [0.717, 1.165) is 0 Å². The van der Waals surface area contributed by atoms with E-state index in [0.29, 0.717) is 34.0 Å². The van der Waals surface area contributed by atoms with Crippen LogP contribution >= 0.6 is 0 Å². The number of nitrogens with one attached hydrogen (secondary N) is 2. The quantitative estimate of drug-likeness (QED) is 0.459. The smallest absolute Gasteiger partial charge is 0.264 e. The van der Waals surface area contributed by atoms with E-state index >= 15 is 0 Å². The highest BCUT2D eigenvalue weighted by molar-refractivity contribution is 7.92. The maximum Gasteiger partial charge on any atom is 0.264 e. The number of sulfonamides is 1. The molecule has 0 unspecified atom stereocenters. The summed E-state index contributed by atoms with van der Waals surface area (Å²) < 4.78 is 34.2. The van der Waals surface area contributed by atoms with Gasteiger partial charge in [-0.3, -0.25) is 4.79 Å². The number of benzene rings is 1. The van der Waals surface area contributed by atoms with Gasteiger partial charge in [-0.15, -0.1) is 0 Å². The Labute approximate surface area is 184 Å². The first-order valence-corrected chi connectivity index (χ1v) is 11.1. The Balaban J connectivity index is 1.49. The van der Waals surface area contributed by atoms with Gasteiger partial charge in [-0.25, -0.2) is 22.8 Å². The number of aryl methyl sites for hydroxylation is 1. The van der Waals surface area contributed by atoms with Crippen molar-refractivity contribution in [2.75, 3.05) is 10.0 Å². The number of anilines is 2. The second kappa shape index (κ2) is 8.27. The third-order valence-corrected chi connectivity index (χ3v) is 6.27. The van der Waals surface area contributed by atoms with E-state index < -0.39 is 10.0 Å². The van der Waals surface area contributed by atoms with Gasteiger partial charge in [0.05, 0.1) is 28.0 Å². The van der Waals surface area contributed by atoms with Gasteiger partial charge in [0.1, 0.15) is 0 Å². The van der Waals surface area contributed by atoms with Gasteiger partial charge in [0, 0.05) is 17.4 Å². The largest absolute Gasteiger partial charge is 0.337 e. The number of hydrogen-bond donors (Lipinski definition) is 2. The Bertz CT molecular complexity index is 1380. The van der Waals surface area contributed by atoms with Crippen LogP contribution in [0.5, 0.6) is 0 Å². The standard InChI is InChI=1S/C21H20N6O4S/c1-13-14(2)25-31-21(13)26-32(29,30)17-9-7-16(8-10-17)24-20(28)18-12-23-27(15(18)3)19-6-4-5-11-22-19/h4-12,26H,1-3H3,(H,24,28). The number of amides is 1. The van der Waals surface area contributed by atoms with Crippen LogP contribution in [0.3, 0.4) is 0 Å². The van der Waals surface area contributed by atoms with Gasteiger partial charge in [-0.1, -0.05) is 11.2 Å². The van der Waals surface area contributed by atoms with Crippen molar-refractivity contribution >= 4 is 27.5 Å². The van der Waals surface area contributed by atoms with Gasteiger partial charge in [-0.05, 0) is 57.2 Å². The lowest BCUT2D eigenvalue weighted by atomic mass is 10.2. The Morgan fingerprint density at radius 2 is 1.81 bits per heavy atom. The van der Waals surface area contributed by atoms with Crippen LogP contribution in [0.15, 0.2) is 64.3 Å². The first kappa shape index (κ1) is 21.2. The summed E-state index contributed by atoms with van der Waals surface area (Å²) in [5, 5.41) is 10.7. The fraction of sp³-hybridized carbons (Fsp3) is 0.143. The number of nitrogens with zero attached hydrogens (tertiary/aromatic N) is 4. The predicted octanol–water partition coefficient (Wildman–Crippen LogP) is 3.23. The van der Waals surface area contributed by atoms with E-state index in [1.807, 2.05) is 6.07 Å². The van der Waals surface area contributed by atoms with Crippen LogP contribution in [0, 0.1) is 20.8 Å². The lowest BCUT2D eigenvalue weighted by Gasteiger charge is -2.08. The molecule has 0 aliphatic heterocycles. The topological polar surface area (TPSA) is 132 Å². The molecule has 0 radical (unpaired) electrons. The van der Waals surface area contributed by atoms with Crippen LogP contribution < -0.4 is 10.0 Å². The van der Waals surface area contributed by atoms with E-state index in [1.165, 1.54) is 30.5 Å². The van der Waals surface area contributed by atoms with Gasteiger partial charge in [0.2, 0.25) is 5.88 Å². The fourth-order valence-corrected chi connectivity index (χ4v) is 4.00. The summed E-state index contributed by atoms with van der Waals surface area (Å²) in [5.74, 6) is 0.301. The summed E-state index contributed by atoms with van der Waals surface area (Å²) in [4.78, 5) is 17.0. The maximum atomic E-state index is 12.7. The van der Waals surface area contributed by atoms with Crippen molar-refractivity contribution in [2.45, 2.75) is 25.7 Å². The zero-order valence-electron chi connectivity index (χ0n) is 17.5. The van der Waals surface area contributed by atoms with Crippen molar-refractivity contribution < 1.29 is 17.7 Å². The molecule has 0 bridgehead atoms. The molecule has 0 fully saturated rings. The average molecular weight is 452 g/mol. The lowest BCUT2D eigenvalue weighted by molar-refractivity contribution is 0.102. The van der Waals surface area contributed by atoms with E-state index in [2.05, 4.69) is 25.3 Å². The molecule has 0 spiro atoms. The van der Waals surface area contributed by atoms with Crippen molar-refractivity contribution in [2.24, 2.45) is 0 Å². The molecule has 3 aromatic heterocycles. The Morgan fingerprint density at radius 3 is 2.44 bits per heavy atom. The summed E-state index contributed by atoms with van der Waals surface area (Å²) in [6.07, 6.45) is 3.11. The predicted molar refractivity (Wildman–Crippen MR) is 117 cm³/mol. The number of pyridine rings is 1. The number of hydrogen-bond acceptors (Lipinski definition) is 7.